The first kappa shape index (κ1) is 21.9. The van der Waals surface area contributed by atoms with Crippen LogP contribution in [0.15, 0.2) is 71.7 Å². The zero-order chi connectivity index (χ0) is 21.2. The second kappa shape index (κ2) is 11.4. The number of thioether (sulfide) groups is 1. The molecule has 3 rings (SSSR count). The molecule has 1 aliphatic rings. The fourth-order valence-corrected chi connectivity index (χ4v) is 4.32. The Labute approximate surface area is 180 Å². The highest BCUT2D eigenvalue weighted by molar-refractivity contribution is 8.03. The topological polar surface area (TPSA) is 62.7 Å². The van der Waals surface area contributed by atoms with Crippen molar-refractivity contribution in [3.8, 4) is 0 Å². The van der Waals surface area contributed by atoms with E-state index in [0.717, 1.165) is 55.1 Å². The molecular weight excluding hydrogens is 403 g/mol. The molecule has 0 atom stereocenters. The van der Waals surface area contributed by atoms with E-state index in [1.54, 1.807) is 36.2 Å². The second-order valence-corrected chi connectivity index (χ2v) is 8.01. The fourth-order valence-electron chi connectivity index (χ4n) is 3.24. The summed E-state index contributed by atoms with van der Waals surface area (Å²) in [6.45, 7) is 1.52. The summed E-state index contributed by atoms with van der Waals surface area (Å²) in [7, 11) is 0. The molecule has 0 amide bonds. The van der Waals surface area contributed by atoms with E-state index in [9.17, 15) is 9.18 Å². The number of pyridine rings is 1. The number of nitrogens with zero attached hydrogens (tertiary/aromatic N) is 2. The maximum absolute atomic E-state index is 13.0. The van der Waals surface area contributed by atoms with Crippen molar-refractivity contribution in [2.45, 2.75) is 25.7 Å². The minimum Gasteiger partial charge on any atom is -0.449 e. The van der Waals surface area contributed by atoms with Crippen LogP contribution >= 0.6 is 11.8 Å². The molecule has 0 bridgehead atoms. The molecule has 1 aliphatic heterocycles. The van der Waals surface area contributed by atoms with Gasteiger partial charge in [0.25, 0.3) is 0 Å². The van der Waals surface area contributed by atoms with Crippen molar-refractivity contribution in [2.24, 2.45) is 0 Å². The van der Waals surface area contributed by atoms with E-state index in [4.69, 9.17) is 9.84 Å². The van der Waals surface area contributed by atoms with Crippen LogP contribution in [0.5, 0.6) is 0 Å². The number of hydrogen-bond donors (Lipinski definition) is 1. The van der Waals surface area contributed by atoms with Gasteiger partial charge in [-0.3, -0.25) is 4.98 Å². The standard InChI is InChI=1S/C23H25FN2O3S/c24-20-11-9-18(10-12-20)7-4-16-30-22-21(29-23(27)28)8-3-15-26(22)14-2-6-19-5-1-13-25-17-19/h1,3,5,8-13,17H,2,4,6-7,14-16H2,(H,27,28). The number of aryl methyl sites for hydroxylation is 2. The smallest absolute Gasteiger partial charge is 0.449 e. The Bertz CT molecular complexity index is 885. The second-order valence-electron chi connectivity index (χ2n) is 6.93. The van der Waals surface area contributed by atoms with Crippen molar-refractivity contribution in [3.63, 3.8) is 0 Å². The quantitative estimate of drug-likeness (QED) is 0.412. The minimum atomic E-state index is -1.31. The number of ether oxygens (including phenoxy) is 1. The maximum Gasteiger partial charge on any atom is 0.511 e. The van der Waals surface area contributed by atoms with Crippen molar-refractivity contribution in [2.75, 3.05) is 18.8 Å². The van der Waals surface area contributed by atoms with Crippen molar-refractivity contribution in [3.05, 3.63) is 88.7 Å². The van der Waals surface area contributed by atoms with Crippen molar-refractivity contribution in [1.29, 1.82) is 0 Å². The first-order valence-corrected chi connectivity index (χ1v) is 10.9. The summed E-state index contributed by atoms with van der Waals surface area (Å²) in [5.74, 6) is 0.957. The van der Waals surface area contributed by atoms with Crippen LogP contribution in [-0.4, -0.2) is 40.0 Å². The Morgan fingerprint density at radius 2 is 1.97 bits per heavy atom. The van der Waals surface area contributed by atoms with Gasteiger partial charge in [-0.2, -0.15) is 0 Å². The molecule has 0 unspecified atom stereocenters. The lowest BCUT2D eigenvalue weighted by molar-refractivity contribution is 0.119. The number of aromatic nitrogens is 1. The highest BCUT2D eigenvalue weighted by Gasteiger charge is 2.20. The van der Waals surface area contributed by atoms with Gasteiger partial charge in [0, 0.05) is 25.5 Å². The van der Waals surface area contributed by atoms with Gasteiger partial charge in [0.15, 0.2) is 5.76 Å². The maximum atomic E-state index is 13.0. The number of carboxylic acid groups (broad SMARTS) is 1. The van der Waals surface area contributed by atoms with Crippen LogP contribution in [-0.2, 0) is 17.6 Å². The van der Waals surface area contributed by atoms with Gasteiger partial charge >= 0.3 is 6.16 Å². The summed E-state index contributed by atoms with van der Waals surface area (Å²) in [5.41, 5.74) is 2.27. The Kier molecular flexibility index (Phi) is 8.32. The summed E-state index contributed by atoms with van der Waals surface area (Å²) >= 11 is 1.60. The molecule has 0 fully saturated rings. The molecule has 1 aromatic carbocycles. The van der Waals surface area contributed by atoms with Gasteiger partial charge in [0.05, 0.1) is 0 Å². The van der Waals surface area contributed by atoms with Crippen molar-refractivity contribution in [1.82, 2.24) is 9.88 Å². The van der Waals surface area contributed by atoms with E-state index in [1.807, 2.05) is 18.3 Å². The Hall–Kier alpha value is -2.80. The van der Waals surface area contributed by atoms with Gasteiger partial charge in [-0.15, -0.1) is 11.8 Å². The summed E-state index contributed by atoms with van der Waals surface area (Å²) in [6.07, 6.45) is 9.55. The van der Waals surface area contributed by atoms with Crippen molar-refractivity contribution >= 4 is 17.9 Å². The number of carbonyl (C=O) groups is 1. The summed E-state index contributed by atoms with van der Waals surface area (Å²) in [5, 5.41) is 9.93. The molecule has 2 heterocycles. The summed E-state index contributed by atoms with van der Waals surface area (Å²) in [4.78, 5) is 17.4. The number of allylic oxidation sites excluding steroid dienone is 1. The van der Waals surface area contributed by atoms with E-state index in [0.29, 0.717) is 5.76 Å². The van der Waals surface area contributed by atoms with E-state index in [-0.39, 0.29) is 5.82 Å². The molecule has 7 heteroatoms. The SMILES string of the molecule is O=C(O)OC1=C(SCCCc2ccc(F)cc2)N(CCCc2cccnc2)CC=C1. The minimum absolute atomic E-state index is 0.232. The number of benzene rings is 1. The third kappa shape index (κ3) is 6.91. The average molecular weight is 429 g/mol. The van der Waals surface area contributed by atoms with Gasteiger partial charge in [-0.1, -0.05) is 24.3 Å². The molecule has 158 valence electrons. The third-order valence-electron chi connectivity index (χ3n) is 4.67. The molecule has 0 aliphatic carbocycles. The van der Waals surface area contributed by atoms with Crippen LogP contribution in [0.3, 0.4) is 0 Å². The van der Waals surface area contributed by atoms with Gasteiger partial charge in [-0.05, 0) is 66.8 Å². The zero-order valence-electron chi connectivity index (χ0n) is 16.7. The van der Waals surface area contributed by atoms with E-state index >= 15 is 0 Å². The van der Waals surface area contributed by atoms with Crippen LogP contribution in [0.2, 0.25) is 0 Å². The number of hydrogen-bond acceptors (Lipinski definition) is 5. The van der Waals surface area contributed by atoms with Gasteiger partial charge in [-0.25, -0.2) is 9.18 Å². The van der Waals surface area contributed by atoms with Crippen LogP contribution in [0.1, 0.15) is 24.0 Å². The lowest BCUT2D eigenvalue weighted by atomic mass is 10.1. The van der Waals surface area contributed by atoms with E-state index in [1.165, 1.54) is 17.7 Å². The molecule has 1 N–H and O–H groups in total. The average Bonchev–Trinajstić information content (AvgIpc) is 2.74. The zero-order valence-corrected chi connectivity index (χ0v) is 17.5. The first-order valence-electron chi connectivity index (χ1n) is 9.94. The van der Waals surface area contributed by atoms with Gasteiger partial charge in [0.2, 0.25) is 0 Å². The van der Waals surface area contributed by atoms with Crippen LogP contribution in [0.25, 0.3) is 0 Å². The Morgan fingerprint density at radius 3 is 2.70 bits per heavy atom. The molecule has 1 aromatic heterocycles. The fraction of sp³-hybridized carbons (Fsp3) is 0.304. The summed E-state index contributed by atoms with van der Waals surface area (Å²) < 4.78 is 18.1. The summed E-state index contributed by atoms with van der Waals surface area (Å²) in [6, 6.07) is 10.5. The molecular formula is C23H25FN2O3S. The monoisotopic (exact) mass is 428 g/mol. The Balaban J connectivity index is 1.57. The van der Waals surface area contributed by atoms with Crippen LogP contribution in [0, 0.1) is 5.82 Å². The molecule has 0 saturated heterocycles. The highest BCUT2D eigenvalue weighted by atomic mass is 32.2. The number of rotatable bonds is 10. The highest BCUT2D eigenvalue weighted by Crippen LogP contribution is 2.30. The molecule has 0 spiro atoms. The normalized spacial score (nSPS) is 13.6. The van der Waals surface area contributed by atoms with Gasteiger partial charge < -0.3 is 14.7 Å². The molecule has 0 radical (unpaired) electrons. The molecule has 0 saturated carbocycles. The predicted octanol–water partition coefficient (Wildman–Crippen LogP) is 5.25. The van der Waals surface area contributed by atoms with Crippen LogP contribution in [0.4, 0.5) is 9.18 Å². The van der Waals surface area contributed by atoms with Gasteiger partial charge in [0.1, 0.15) is 10.8 Å². The molecule has 30 heavy (non-hydrogen) atoms. The number of halogens is 1. The van der Waals surface area contributed by atoms with Crippen molar-refractivity contribution < 1.29 is 19.0 Å². The van der Waals surface area contributed by atoms with Crippen LogP contribution < -0.4 is 0 Å². The largest absolute Gasteiger partial charge is 0.511 e. The van der Waals surface area contributed by atoms with E-state index < -0.39 is 6.16 Å². The lowest BCUT2D eigenvalue weighted by Gasteiger charge is -2.29. The molecule has 5 nitrogen and oxygen atoms in total. The first-order chi connectivity index (χ1) is 14.6. The predicted molar refractivity (Wildman–Crippen MR) is 117 cm³/mol. The lowest BCUT2D eigenvalue weighted by Crippen LogP contribution is -2.28. The molecule has 2 aromatic rings. The van der Waals surface area contributed by atoms with E-state index in [2.05, 4.69) is 16.0 Å². The Morgan fingerprint density at radius 1 is 1.17 bits per heavy atom. The third-order valence-corrected chi connectivity index (χ3v) is 5.89.